The van der Waals surface area contributed by atoms with Crippen molar-refractivity contribution >= 4 is 23.5 Å². The third-order valence-electron chi connectivity index (χ3n) is 4.09. The van der Waals surface area contributed by atoms with Crippen molar-refractivity contribution in [2.24, 2.45) is 0 Å². The van der Waals surface area contributed by atoms with Gasteiger partial charge in [-0.25, -0.2) is 9.78 Å². The highest BCUT2D eigenvalue weighted by molar-refractivity contribution is 6.32. The number of aromatic nitrogens is 1. The zero-order valence-corrected chi connectivity index (χ0v) is 14.1. The van der Waals surface area contributed by atoms with Crippen LogP contribution in [0.2, 0.25) is 5.02 Å². The Balaban J connectivity index is 1.57. The number of carbonyl (C=O) groups is 2. The summed E-state index contributed by atoms with van der Waals surface area (Å²) >= 11 is 6.10. The number of para-hydroxylation sites is 1. The second kappa shape index (κ2) is 7.53. The number of carboxylic acid groups (broad SMARTS) is 1. The van der Waals surface area contributed by atoms with Crippen LogP contribution in [-0.4, -0.2) is 46.1 Å². The highest BCUT2D eigenvalue weighted by atomic mass is 35.5. The Labute approximate surface area is 150 Å². The van der Waals surface area contributed by atoms with Crippen LogP contribution in [0.4, 0.5) is 0 Å². The van der Waals surface area contributed by atoms with Crippen molar-refractivity contribution in [3.8, 4) is 5.75 Å². The summed E-state index contributed by atoms with van der Waals surface area (Å²) in [5.74, 6) is -0.612. The van der Waals surface area contributed by atoms with Gasteiger partial charge in [-0.15, -0.1) is 0 Å². The van der Waals surface area contributed by atoms with Crippen LogP contribution in [0.1, 0.15) is 33.7 Å². The van der Waals surface area contributed by atoms with Crippen LogP contribution >= 0.6 is 11.6 Å². The zero-order chi connectivity index (χ0) is 17.8. The molecular weight excluding hydrogens is 344 g/mol. The molecule has 0 radical (unpaired) electrons. The normalized spacial score (nSPS) is 15.0. The molecule has 0 aliphatic carbocycles. The van der Waals surface area contributed by atoms with Crippen LogP contribution in [0.5, 0.6) is 5.75 Å². The average Bonchev–Trinajstić information content (AvgIpc) is 2.64. The molecule has 0 spiro atoms. The summed E-state index contributed by atoms with van der Waals surface area (Å²) in [5, 5.41) is 9.43. The van der Waals surface area contributed by atoms with Crippen LogP contribution in [0, 0.1) is 0 Å². The highest BCUT2D eigenvalue weighted by Gasteiger charge is 2.25. The van der Waals surface area contributed by atoms with Gasteiger partial charge < -0.3 is 14.7 Å². The molecule has 1 aromatic heterocycles. The Bertz CT molecular complexity index is 771. The van der Waals surface area contributed by atoms with E-state index in [0.717, 1.165) is 0 Å². The van der Waals surface area contributed by atoms with E-state index in [-0.39, 0.29) is 17.7 Å². The van der Waals surface area contributed by atoms with Gasteiger partial charge in [0, 0.05) is 32.1 Å². The number of piperidine rings is 1. The van der Waals surface area contributed by atoms with Crippen molar-refractivity contribution in [2.45, 2.75) is 18.9 Å². The maximum Gasteiger partial charge on any atom is 0.354 e. The molecule has 1 saturated heterocycles. The van der Waals surface area contributed by atoms with E-state index in [4.69, 9.17) is 21.4 Å². The average molecular weight is 361 g/mol. The van der Waals surface area contributed by atoms with Crippen LogP contribution in [0.15, 0.2) is 42.6 Å². The van der Waals surface area contributed by atoms with Crippen molar-refractivity contribution in [2.75, 3.05) is 13.1 Å². The molecule has 25 heavy (non-hydrogen) atoms. The third kappa shape index (κ3) is 4.09. The molecule has 1 N–H and O–H groups in total. The van der Waals surface area contributed by atoms with E-state index in [9.17, 15) is 9.59 Å². The lowest BCUT2D eigenvalue weighted by Crippen LogP contribution is -2.41. The van der Waals surface area contributed by atoms with Gasteiger partial charge in [-0.05, 0) is 24.3 Å². The minimum absolute atomic E-state index is 0.0106. The number of hydrogen-bond acceptors (Lipinski definition) is 4. The predicted octanol–water partition coefficient (Wildman–Crippen LogP) is 3.12. The molecule has 1 aliphatic heterocycles. The van der Waals surface area contributed by atoms with E-state index in [1.54, 1.807) is 11.0 Å². The first kappa shape index (κ1) is 17.2. The number of amides is 1. The first-order chi connectivity index (χ1) is 12.0. The molecule has 2 heterocycles. The Morgan fingerprint density at radius 2 is 1.88 bits per heavy atom. The second-order valence-corrected chi connectivity index (χ2v) is 6.18. The van der Waals surface area contributed by atoms with Crippen molar-refractivity contribution in [1.82, 2.24) is 9.88 Å². The van der Waals surface area contributed by atoms with Gasteiger partial charge in [0.1, 0.15) is 17.5 Å². The molecule has 3 rings (SSSR count). The van der Waals surface area contributed by atoms with E-state index in [0.29, 0.717) is 42.3 Å². The second-order valence-electron chi connectivity index (χ2n) is 5.78. The molecule has 1 aromatic carbocycles. The summed E-state index contributed by atoms with van der Waals surface area (Å²) in [4.78, 5) is 28.8. The summed E-state index contributed by atoms with van der Waals surface area (Å²) in [6.45, 7) is 1.13. The van der Waals surface area contributed by atoms with Crippen molar-refractivity contribution in [3.63, 3.8) is 0 Å². The summed E-state index contributed by atoms with van der Waals surface area (Å²) in [7, 11) is 0. The van der Waals surface area contributed by atoms with Crippen LogP contribution in [-0.2, 0) is 0 Å². The Kier molecular flexibility index (Phi) is 5.19. The van der Waals surface area contributed by atoms with Gasteiger partial charge in [0.15, 0.2) is 0 Å². The molecule has 2 aromatic rings. The van der Waals surface area contributed by atoms with Gasteiger partial charge in [0.05, 0.1) is 10.6 Å². The number of rotatable bonds is 4. The lowest BCUT2D eigenvalue weighted by Gasteiger charge is -2.32. The summed E-state index contributed by atoms with van der Waals surface area (Å²) in [6.07, 6.45) is 2.73. The topological polar surface area (TPSA) is 79.7 Å². The minimum atomic E-state index is -1.11. The number of hydrogen-bond donors (Lipinski definition) is 1. The SMILES string of the molecule is O=C(O)c1ccc(C(=O)N2CCC(Oc3ccccc3Cl)CC2)cn1. The standard InChI is InChI=1S/C18H17ClN2O4/c19-14-3-1-2-4-16(14)25-13-7-9-21(10-8-13)17(22)12-5-6-15(18(23)24)20-11-12/h1-6,11,13H,7-10H2,(H,23,24). The number of benzene rings is 1. The fourth-order valence-corrected chi connectivity index (χ4v) is 2.91. The number of likely N-dealkylation sites (tertiary alicyclic amines) is 1. The molecule has 7 heteroatoms. The van der Waals surface area contributed by atoms with Crippen molar-refractivity contribution in [1.29, 1.82) is 0 Å². The van der Waals surface area contributed by atoms with E-state index >= 15 is 0 Å². The van der Waals surface area contributed by atoms with E-state index in [1.165, 1.54) is 18.3 Å². The molecule has 0 bridgehead atoms. The quantitative estimate of drug-likeness (QED) is 0.906. The van der Waals surface area contributed by atoms with Crippen molar-refractivity contribution < 1.29 is 19.4 Å². The number of carbonyl (C=O) groups excluding carboxylic acids is 1. The van der Waals surface area contributed by atoms with Gasteiger partial charge in [0.25, 0.3) is 5.91 Å². The first-order valence-electron chi connectivity index (χ1n) is 7.94. The lowest BCUT2D eigenvalue weighted by atomic mass is 10.1. The summed E-state index contributed by atoms with van der Waals surface area (Å²) in [6, 6.07) is 10.2. The van der Waals surface area contributed by atoms with Gasteiger partial charge in [-0.1, -0.05) is 23.7 Å². The van der Waals surface area contributed by atoms with Crippen LogP contribution in [0.25, 0.3) is 0 Å². The van der Waals surface area contributed by atoms with Gasteiger partial charge in [0.2, 0.25) is 0 Å². The Morgan fingerprint density at radius 3 is 2.48 bits per heavy atom. The van der Waals surface area contributed by atoms with E-state index in [1.807, 2.05) is 18.2 Å². The minimum Gasteiger partial charge on any atom is -0.489 e. The van der Waals surface area contributed by atoms with E-state index < -0.39 is 5.97 Å². The highest BCUT2D eigenvalue weighted by Crippen LogP contribution is 2.27. The molecular formula is C18H17ClN2O4. The fraction of sp³-hybridized carbons (Fsp3) is 0.278. The zero-order valence-electron chi connectivity index (χ0n) is 13.4. The number of aromatic carboxylic acids is 1. The van der Waals surface area contributed by atoms with Gasteiger partial charge in [-0.3, -0.25) is 4.79 Å². The lowest BCUT2D eigenvalue weighted by molar-refractivity contribution is 0.0593. The number of ether oxygens (including phenoxy) is 1. The molecule has 0 unspecified atom stereocenters. The molecule has 1 aliphatic rings. The van der Waals surface area contributed by atoms with Gasteiger partial charge in [-0.2, -0.15) is 0 Å². The summed E-state index contributed by atoms with van der Waals surface area (Å²) < 4.78 is 5.91. The van der Waals surface area contributed by atoms with E-state index in [2.05, 4.69) is 4.98 Å². The predicted molar refractivity (Wildman–Crippen MR) is 92.2 cm³/mol. The monoisotopic (exact) mass is 360 g/mol. The Morgan fingerprint density at radius 1 is 1.16 bits per heavy atom. The van der Waals surface area contributed by atoms with Gasteiger partial charge >= 0.3 is 5.97 Å². The molecule has 130 valence electrons. The molecule has 1 amide bonds. The van der Waals surface area contributed by atoms with Crippen LogP contribution < -0.4 is 4.74 Å². The Hall–Kier alpha value is -2.60. The third-order valence-corrected chi connectivity index (χ3v) is 4.40. The molecule has 6 nitrogen and oxygen atoms in total. The summed E-state index contributed by atoms with van der Waals surface area (Å²) in [5.41, 5.74) is 0.305. The first-order valence-corrected chi connectivity index (χ1v) is 8.32. The molecule has 0 atom stereocenters. The number of carboxylic acids is 1. The maximum atomic E-state index is 12.5. The maximum absolute atomic E-state index is 12.5. The van der Waals surface area contributed by atoms with Crippen molar-refractivity contribution in [3.05, 3.63) is 58.9 Å². The van der Waals surface area contributed by atoms with Crippen LogP contribution in [0.3, 0.4) is 0 Å². The smallest absolute Gasteiger partial charge is 0.354 e. The number of nitrogens with zero attached hydrogens (tertiary/aromatic N) is 2. The number of pyridine rings is 1. The number of halogens is 1. The molecule has 0 saturated carbocycles. The molecule has 1 fully saturated rings. The largest absolute Gasteiger partial charge is 0.489 e. The fourth-order valence-electron chi connectivity index (χ4n) is 2.73.